The van der Waals surface area contributed by atoms with Gasteiger partial charge in [-0.25, -0.2) is 13.1 Å². The zero-order chi connectivity index (χ0) is 13.2. The molecular formula is C10H19N3O3S. The Balaban J connectivity index is 3.05. The number of aryl methyl sites for hydroxylation is 2. The summed E-state index contributed by atoms with van der Waals surface area (Å²) < 4.78 is 28.3. The van der Waals surface area contributed by atoms with Gasteiger partial charge in [-0.3, -0.25) is 4.68 Å². The van der Waals surface area contributed by atoms with Crippen molar-refractivity contribution in [3.8, 4) is 0 Å². The van der Waals surface area contributed by atoms with Gasteiger partial charge in [0.05, 0.1) is 11.4 Å². The molecule has 98 valence electrons. The minimum atomic E-state index is -3.57. The lowest BCUT2D eigenvalue weighted by Gasteiger charge is -2.13. The molecule has 1 aromatic rings. The Kier molecular flexibility index (Phi) is 4.29. The number of aromatic nitrogens is 2. The highest BCUT2D eigenvalue weighted by atomic mass is 32.2. The average molecular weight is 261 g/mol. The molecule has 0 fully saturated rings. The maximum atomic E-state index is 12.1. The lowest BCUT2D eigenvalue weighted by molar-refractivity contribution is 0.275. The lowest BCUT2D eigenvalue weighted by atomic mass is 10.3. The lowest BCUT2D eigenvalue weighted by Crippen LogP contribution is -2.33. The number of aliphatic hydroxyl groups excluding tert-OH is 1. The molecule has 0 aliphatic rings. The molecule has 7 heteroatoms. The van der Waals surface area contributed by atoms with Gasteiger partial charge in [-0.1, -0.05) is 0 Å². The van der Waals surface area contributed by atoms with Crippen molar-refractivity contribution in [1.29, 1.82) is 0 Å². The molecule has 0 radical (unpaired) electrons. The van der Waals surface area contributed by atoms with Crippen LogP contribution in [-0.2, 0) is 17.1 Å². The van der Waals surface area contributed by atoms with E-state index < -0.39 is 10.0 Å². The number of rotatable bonds is 5. The Hall–Kier alpha value is -0.920. The van der Waals surface area contributed by atoms with Gasteiger partial charge in [0.15, 0.2) is 0 Å². The maximum Gasteiger partial charge on any atom is 0.244 e. The van der Waals surface area contributed by atoms with Crippen molar-refractivity contribution < 1.29 is 13.5 Å². The predicted octanol–water partition coefficient (Wildman–Crippen LogP) is 0.0861. The molecule has 1 aromatic heterocycles. The van der Waals surface area contributed by atoms with Gasteiger partial charge in [-0.15, -0.1) is 0 Å². The number of sulfonamides is 1. The van der Waals surface area contributed by atoms with E-state index in [4.69, 9.17) is 5.11 Å². The molecule has 0 spiro atoms. The Bertz CT molecular complexity index is 493. The van der Waals surface area contributed by atoms with Gasteiger partial charge in [-0.05, 0) is 27.2 Å². The third kappa shape index (κ3) is 3.05. The van der Waals surface area contributed by atoms with E-state index >= 15 is 0 Å². The van der Waals surface area contributed by atoms with Crippen LogP contribution >= 0.6 is 0 Å². The molecule has 1 heterocycles. The maximum absolute atomic E-state index is 12.1. The molecule has 0 saturated heterocycles. The summed E-state index contributed by atoms with van der Waals surface area (Å²) in [6, 6.07) is -0.302. The average Bonchev–Trinajstić information content (AvgIpc) is 2.40. The van der Waals surface area contributed by atoms with Crippen LogP contribution in [-0.4, -0.2) is 36.0 Å². The number of aliphatic hydroxyl groups is 1. The molecule has 0 aromatic carbocycles. The van der Waals surface area contributed by atoms with Crippen molar-refractivity contribution in [2.24, 2.45) is 7.05 Å². The quantitative estimate of drug-likeness (QED) is 0.786. The normalized spacial score (nSPS) is 13.9. The van der Waals surface area contributed by atoms with Crippen molar-refractivity contribution in [2.45, 2.75) is 38.1 Å². The van der Waals surface area contributed by atoms with Crippen LogP contribution < -0.4 is 4.72 Å². The van der Waals surface area contributed by atoms with E-state index in [-0.39, 0.29) is 17.5 Å². The zero-order valence-electron chi connectivity index (χ0n) is 10.6. The van der Waals surface area contributed by atoms with Crippen LogP contribution in [0.1, 0.15) is 24.7 Å². The molecule has 0 saturated carbocycles. The van der Waals surface area contributed by atoms with Gasteiger partial charge in [0, 0.05) is 19.7 Å². The molecule has 17 heavy (non-hydrogen) atoms. The van der Waals surface area contributed by atoms with E-state index in [1.807, 2.05) is 0 Å². The fourth-order valence-electron chi connectivity index (χ4n) is 1.72. The summed E-state index contributed by atoms with van der Waals surface area (Å²) >= 11 is 0. The molecule has 1 atom stereocenters. The van der Waals surface area contributed by atoms with Gasteiger partial charge in [0.1, 0.15) is 4.90 Å². The minimum Gasteiger partial charge on any atom is -0.396 e. The Morgan fingerprint density at radius 3 is 2.47 bits per heavy atom. The van der Waals surface area contributed by atoms with E-state index in [0.717, 1.165) is 0 Å². The molecular weight excluding hydrogens is 242 g/mol. The minimum absolute atomic E-state index is 0.0469. The molecule has 6 nitrogen and oxygen atoms in total. The number of nitrogens with one attached hydrogen (secondary N) is 1. The number of nitrogens with zero attached hydrogens (tertiary/aromatic N) is 2. The molecule has 0 bridgehead atoms. The van der Waals surface area contributed by atoms with Gasteiger partial charge in [0.2, 0.25) is 10.0 Å². The van der Waals surface area contributed by atoms with Crippen LogP contribution in [0, 0.1) is 13.8 Å². The van der Waals surface area contributed by atoms with Gasteiger partial charge in [0.25, 0.3) is 0 Å². The second-order valence-corrected chi connectivity index (χ2v) is 5.81. The molecule has 0 aliphatic heterocycles. The molecule has 0 aliphatic carbocycles. The second kappa shape index (κ2) is 5.16. The standard InChI is InChI=1S/C10H19N3O3S/c1-7(5-6-14)12-17(15,16)10-8(2)11-13(4)9(10)3/h7,12,14H,5-6H2,1-4H3. The highest BCUT2D eigenvalue weighted by molar-refractivity contribution is 7.89. The smallest absolute Gasteiger partial charge is 0.244 e. The van der Waals surface area contributed by atoms with Crippen LogP contribution in [0.25, 0.3) is 0 Å². The molecule has 1 unspecified atom stereocenters. The van der Waals surface area contributed by atoms with Gasteiger partial charge < -0.3 is 5.11 Å². The van der Waals surface area contributed by atoms with Crippen molar-refractivity contribution in [2.75, 3.05) is 6.61 Å². The van der Waals surface area contributed by atoms with E-state index in [0.29, 0.717) is 17.8 Å². The van der Waals surface area contributed by atoms with Crippen molar-refractivity contribution >= 4 is 10.0 Å². The summed E-state index contributed by atoms with van der Waals surface area (Å²) in [7, 11) is -1.86. The number of hydrogen-bond donors (Lipinski definition) is 2. The van der Waals surface area contributed by atoms with Crippen LogP contribution in [0.4, 0.5) is 0 Å². The fourth-order valence-corrected chi connectivity index (χ4v) is 3.44. The highest BCUT2D eigenvalue weighted by Crippen LogP contribution is 2.18. The first-order valence-corrected chi connectivity index (χ1v) is 6.91. The van der Waals surface area contributed by atoms with Crippen molar-refractivity contribution in [1.82, 2.24) is 14.5 Å². The summed E-state index contributed by atoms with van der Waals surface area (Å²) in [5, 5.41) is 12.8. The fraction of sp³-hybridized carbons (Fsp3) is 0.700. The first-order valence-electron chi connectivity index (χ1n) is 5.43. The van der Waals surface area contributed by atoms with Crippen molar-refractivity contribution in [3.05, 3.63) is 11.4 Å². The Labute approximate surface area is 102 Å². The largest absolute Gasteiger partial charge is 0.396 e. The molecule has 2 N–H and O–H groups in total. The summed E-state index contributed by atoms with van der Waals surface area (Å²) in [4.78, 5) is 0.227. The first kappa shape index (κ1) is 14.1. The summed E-state index contributed by atoms with van der Waals surface area (Å²) in [5.41, 5.74) is 1.08. The Morgan fingerprint density at radius 2 is 2.06 bits per heavy atom. The SMILES string of the molecule is Cc1nn(C)c(C)c1S(=O)(=O)NC(C)CCO. The first-order chi connectivity index (χ1) is 7.79. The van der Waals surface area contributed by atoms with Crippen LogP contribution in [0.3, 0.4) is 0 Å². The predicted molar refractivity (Wildman–Crippen MR) is 64.2 cm³/mol. The monoisotopic (exact) mass is 261 g/mol. The van der Waals surface area contributed by atoms with Crippen LogP contribution in [0.5, 0.6) is 0 Å². The van der Waals surface area contributed by atoms with E-state index in [2.05, 4.69) is 9.82 Å². The number of hydrogen-bond acceptors (Lipinski definition) is 4. The third-order valence-electron chi connectivity index (χ3n) is 2.63. The molecule has 1 rings (SSSR count). The molecule has 0 amide bonds. The zero-order valence-corrected chi connectivity index (χ0v) is 11.4. The van der Waals surface area contributed by atoms with Gasteiger partial charge in [-0.2, -0.15) is 5.10 Å². The summed E-state index contributed by atoms with van der Waals surface area (Å²) in [5.74, 6) is 0. The van der Waals surface area contributed by atoms with Crippen LogP contribution in [0.2, 0.25) is 0 Å². The van der Waals surface area contributed by atoms with Crippen LogP contribution in [0.15, 0.2) is 4.90 Å². The van der Waals surface area contributed by atoms with Gasteiger partial charge >= 0.3 is 0 Å². The topological polar surface area (TPSA) is 84.2 Å². The van der Waals surface area contributed by atoms with E-state index in [1.54, 1.807) is 32.5 Å². The van der Waals surface area contributed by atoms with E-state index in [9.17, 15) is 8.42 Å². The second-order valence-electron chi connectivity index (χ2n) is 4.16. The summed E-state index contributed by atoms with van der Waals surface area (Å²) in [6.45, 7) is 5.05. The highest BCUT2D eigenvalue weighted by Gasteiger charge is 2.24. The Morgan fingerprint density at radius 1 is 1.47 bits per heavy atom. The van der Waals surface area contributed by atoms with Crippen molar-refractivity contribution in [3.63, 3.8) is 0 Å². The van der Waals surface area contributed by atoms with E-state index in [1.165, 1.54) is 0 Å². The summed E-state index contributed by atoms with van der Waals surface area (Å²) in [6.07, 6.45) is 0.386. The third-order valence-corrected chi connectivity index (χ3v) is 4.47.